The van der Waals surface area contributed by atoms with Crippen LogP contribution in [0.1, 0.15) is 37.2 Å². The third-order valence-corrected chi connectivity index (χ3v) is 3.33. The second-order valence-electron chi connectivity index (χ2n) is 4.62. The summed E-state index contributed by atoms with van der Waals surface area (Å²) in [5.41, 5.74) is 0. The van der Waals surface area contributed by atoms with E-state index < -0.39 is 0 Å². The highest BCUT2D eigenvalue weighted by atomic mass is 16.2. The summed E-state index contributed by atoms with van der Waals surface area (Å²) in [6.07, 6.45) is 0.771. The molecular formula is C11H18N4O. The molecule has 0 aromatic carbocycles. The number of H-pyrrole nitrogens is 1. The molecule has 1 fully saturated rings. The molecule has 0 bridgehead atoms. The van der Waals surface area contributed by atoms with E-state index in [9.17, 15) is 4.79 Å². The molecule has 2 heterocycles. The Morgan fingerprint density at radius 1 is 1.44 bits per heavy atom. The van der Waals surface area contributed by atoms with Gasteiger partial charge in [-0.1, -0.05) is 20.8 Å². The van der Waals surface area contributed by atoms with Gasteiger partial charge in [-0.05, 0) is 11.8 Å². The third-order valence-electron chi connectivity index (χ3n) is 3.33. The highest BCUT2D eigenvalue weighted by Gasteiger charge is 2.31. The Balaban J connectivity index is 2.08. The van der Waals surface area contributed by atoms with Gasteiger partial charge >= 0.3 is 0 Å². The number of carbonyl (C=O) groups is 1. The lowest BCUT2D eigenvalue weighted by Gasteiger charge is -2.13. The number of aromatic amines is 1. The lowest BCUT2D eigenvalue weighted by Crippen LogP contribution is -2.29. The summed E-state index contributed by atoms with van der Waals surface area (Å²) in [6.45, 7) is 7.96. The van der Waals surface area contributed by atoms with Crippen LogP contribution in [-0.4, -0.2) is 39.1 Å². The molecule has 16 heavy (non-hydrogen) atoms. The Labute approximate surface area is 95.2 Å². The van der Waals surface area contributed by atoms with Crippen molar-refractivity contribution in [3.05, 3.63) is 11.6 Å². The van der Waals surface area contributed by atoms with Crippen LogP contribution in [0.4, 0.5) is 0 Å². The highest BCUT2D eigenvalue weighted by Crippen LogP contribution is 2.22. The first kappa shape index (κ1) is 11.1. The molecule has 5 heteroatoms. The van der Waals surface area contributed by atoms with Crippen LogP contribution in [0.15, 0.2) is 0 Å². The Morgan fingerprint density at radius 2 is 2.06 bits per heavy atom. The van der Waals surface area contributed by atoms with E-state index in [0.717, 1.165) is 25.3 Å². The first-order valence-electron chi connectivity index (χ1n) is 5.82. The molecule has 1 saturated heterocycles. The SMILES string of the molecule is CCc1nc(C(=O)N2CC(C)C(C)C2)n[nH]1. The van der Waals surface area contributed by atoms with Crippen molar-refractivity contribution in [2.45, 2.75) is 27.2 Å². The third kappa shape index (κ3) is 1.94. The van der Waals surface area contributed by atoms with Crippen LogP contribution in [0.2, 0.25) is 0 Å². The molecule has 0 spiro atoms. The zero-order valence-corrected chi connectivity index (χ0v) is 10.0. The van der Waals surface area contributed by atoms with Gasteiger partial charge in [-0.15, -0.1) is 5.10 Å². The first-order chi connectivity index (χ1) is 7.61. The number of aromatic nitrogens is 3. The van der Waals surface area contributed by atoms with Crippen molar-refractivity contribution < 1.29 is 4.79 Å². The van der Waals surface area contributed by atoms with Crippen molar-refractivity contribution in [1.29, 1.82) is 0 Å². The molecule has 88 valence electrons. The van der Waals surface area contributed by atoms with Crippen molar-refractivity contribution in [2.75, 3.05) is 13.1 Å². The highest BCUT2D eigenvalue weighted by molar-refractivity contribution is 5.90. The van der Waals surface area contributed by atoms with Gasteiger partial charge in [0.2, 0.25) is 5.82 Å². The maximum absolute atomic E-state index is 12.0. The lowest BCUT2D eigenvalue weighted by molar-refractivity contribution is 0.0773. The number of rotatable bonds is 2. The molecule has 0 saturated carbocycles. The smallest absolute Gasteiger partial charge is 0.293 e. The Bertz CT molecular complexity index is 377. The van der Waals surface area contributed by atoms with Crippen LogP contribution < -0.4 is 0 Å². The van der Waals surface area contributed by atoms with Gasteiger partial charge in [-0.2, -0.15) is 0 Å². The van der Waals surface area contributed by atoms with E-state index in [-0.39, 0.29) is 5.91 Å². The van der Waals surface area contributed by atoms with Gasteiger partial charge in [0.15, 0.2) is 0 Å². The largest absolute Gasteiger partial charge is 0.335 e. The molecular weight excluding hydrogens is 204 g/mol. The van der Waals surface area contributed by atoms with Crippen LogP contribution in [0.5, 0.6) is 0 Å². The molecule has 1 aromatic heterocycles. The summed E-state index contributed by atoms with van der Waals surface area (Å²) >= 11 is 0. The first-order valence-corrected chi connectivity index (χ1v) is 5.82. The van der Waals surface area contributed by atoms with E-state index in [1.165, 1.54) is 0 Å². The molecule has 1 aliphatic heterocycles. The summed E-state index contributed by atoms with van der Waals surface area (Å²) in [7, 11) is 0. The number of amides is 1. The van der Waals surface area contributed by atoms with E-state index in [0.29, 0.717) is 17.7 Å². The number of nitrogens with zero attached hydrogens (tertiary/aromatic N) is 3. The quantitative estimate of drug-likeness (QED) is 0.815. The van der Waals surface area contributed by atoms with Crippen LogP contribution >= 0.6 is 0 Å². The minimum atomic E-state index is -0.0489. The van der Waals surface area contributed by atoms with Gasteiger partial charge in [0.1, 0.15) is 5.82 Å². The van der Waals surface area contributed by atoms with Crippen molar-refractivity contribution >= 4 is 5.91 Å². The Kier molecular flexibility index (Phi) is 2.94. The summed E-state index contributed by atoms with van der Waals surface area (Å²) in [6, 6.07) is 0. The average Bonchev–Trinajstić information content (AvgIpc) is 2.86. The minimum absolute atomic E-state index is 0.0489. The van der Waals surface area contributed by atoms with Crippen LogP contribution in [-0.2, 0) is 6.42 Å². The topological polar surface area (TPSA) is 61.9 Å². The molecule has 2 rings (SSSR count). The number of nitrogens with one attached hydrogen (secondary N) is 1. The molecule has 1 amide bonds. The van der Waals surface area contributed by atoms with Crippen molar-refractivity contribution in [3.63, 3.8) is 0 Å². The zero-order chi connectivity index (χ0) is 11.7. The predicted molar refractivity (Wildman–Crippen MR) is 60.0 cm³/mol. The monoisotopic (exact) mass is 222 g/mol. The summed E-state index contributed by atoms with van der Waals surface area (Å²) in [5.74, 6) is 2.15. The lowest BCUT2D eigenvalue weighted by atomic mass is 10.0. The standard InChI is InChI=1S/C11H18N4O/c1-4-9-12-10(14-13-9)11(16)15-5-7(2)8(3)6-15/h7-8H,4-6H2,1-3H3,(H,12,13,14). The summed E-state index contributed by atoms with van der Waals surface area (Å²) in [5, 5.41) is 6.73. The molecule has 2 unspecified atom stereocenters. The van der Waals surface area contributed by atoms with Crippen molar-refractivity contribution in [3.8, 4) is 0 Å². The molecule has 5 nitrogen and oxygen atoms in total. The number of likely N-dealkylation sites (tertiary alicyclic amines) is 1. The Hall–Kier alpha value is -1.39. The molecule has 0 aliphatic carbocycles. The minimum Gasteiger partial charge on any atom is -0.335 e. The van der Waals surface area contributed by atoms with E-state index in [4.69, 9.17) is 0 Å². The average molecular weight is 222 g/mol. The second-order valence-corrected chi connectivity index (χ2v) is 4.62. The molecule has 1 aliphatic rings. The maximum Gasteiger partial charge on any atom is 0.293 e. The van der Waals surface area contributed by atoms with E-state index in [1.807, 2.05) is 11.8 Å². The summed E-state index contributed by atoms with van der Waals surface area (Å²) < 4.78 is 0. The van der Waals surface area contributed by atoms with Gasteiger partial charge in [-0.3, -0.25) is 9.89 Å². The van der Waals surface area contributed by atoms with Gasteiger partial charge in [0, 0.05) is 19.5 Å². The van der Waals surface area contributed by atoms with Gasteiger partial charge in [-0.25, -0.2) is 4.98 Å². The Morgan fingerprint density at radius 3 is 2.56 bits per heavy atom. The molecule has 1 N–H and O–H groups in total. The van der Waals surface area contributed by atoms with Crippen LogP contribution in [0, 0.1) is 11.8 Å². The number of hydrogen-bond donors (Lipinski definition) is 1. The van der Waals surface area contributed by atoms with Crippen molar-refractivity contribution in [2.24, 2.45) is 11.8 Å². The fourth-order valence-corrected chi connectivity index (χ4v) is 1.99. The van der Waals surface area contributed by atoms with Crippen LogP contribution in [0.25, 0.3) is 0 Å². The van der Waals surface area contributed by atoms with Gasteiger partial charge in [0.25, 0.3) is 5.91 Å². The normalized spacial score (nSPS) is 25.1. The summed E-state index contributed by atoms with van der Waals surface area (Å²) in [4.78, 5) is 18.1. The molecule has 0 radical (unpaired) electrons. The number of aryl methyl sites for hydroxylation is 1. The fraction of sp³-hybridized carbons (Fsp3) is 0.727. The maximum atomic E-state index is 12.0. The zero-order valence-electron chi connectivity index (χ0n) is 10.0. The predicted octanol–water partition coefficient (Wildman–Crippen LogP) is 1.10. The van der Waals surface area contributed by atoms with E-state index in [1.54, 1.807) is 0 Å². The second kappa shape index (κ2) is 4.23. The molecule has 1 aromatic rings. The molecule has 2 atom stereocenters. The fourth-order valence-electron chi connectivity index (χ4n) is 1.99. The van der Waals surface area contributed by atoms with Gasteiger partial charge in [0.05, 0.1) is 0 Å². The van der Waals surface area contributed by atoms with E-state index in [2.05, 4.69) is 29.0 Å². The van der Waals surface area contributed by atoms with Gasteiger partial charge < -0.3 is 4.90 Å². The van der Waals surface area contributed by atoms with Crippen molar-refractivity contribution in [1.82, 2.24) is 20.1 Å². The number of hydrogen-bond acceptors (Lipinski definition) is 3. The van der Waals surface area contributed by atoms with Crippen LogP contribution in [0.3, 0.4) is 0 Å². The number of carbonyl (C=O) groups excluding carboxylic acids is 1. The van der Waals surface area contributed by atoms with E-state index >= 15 is 0 Å².